The third-order valence-corrected chi connectivity index (χ3v) is 6.44. The van der Waals surface area contributed by atoms with E-state index >= 15 is 0 Å². The van der Waals surface area contributed by atoms with Crippen molar-refractivity contribution in [3.05, 3.63) is 71.3 Å². The van der Waals surface area contributed by atoms with Gasteiger partial charge in [0.2, 0.25) is 0 Å². The van der Waals surface area contributed by atoms with Crippen LogP contribution < -0.4 is 5.32 Å². The summed E-state index contributed by atoms with van der Waals surface area (Å²) in [6.45, 7) is 3.04. The molecule has 2 heterocycles. The summed E-state index contributed by atoms with van der Waals surface area (Å²) in [5, 5.41) is 3.04. The van der Waals surface area contributed by atoms with Crippen molar-refractivity contribution in [1.29, 1.82) is 0 Å². The molecule has 2 aromatic rings. The fourth-order valence-corrected chi connectivity index (χ4v) is 4.41. The van der Waals surface area contributed by atoms with Crippen molar-refractivity contribution in [1.82, 2.24) is 15.1 Å². The number of halogens is 2. The molecular formula is C24H27F2N3O3. The number of urea groups is 1. The summed E-state index contributed by atoms with van der Waals surface area (Å²) in [5.41, 5.74) is 0.735. The average Bonchev–Trinajstić information content (AvgIpc) is 2.83. The van der Waals surface area contributed by atoms with Gasteiger partial charge in [-0.2, -0.15) is 0 Å². The number of carbonyl (C=O) groups is 2. The first-order chi connectivity index (χ1) is 15.5. The minimum Gasteiger partial charge on any atom is -0.381 e. The van der Waals surface area contributed by atoms with Crippen molar-refractivity contribution < 1.29 is 23.1 Å². The van der Waals surface area contributed by atoms with E-state index in [4.69, 9.17) is 4.74 Å². The minimum absolute atomic E-state index is 0.0474. The van der Waals surface area contributed by atoms with Crippen LogP contribution in [0.5, 0.6) is 0 Å². The Labute approximate surface area is 186 Å². The average molecular weight is 443 g/mol. The molecule has 0 radical (unpaired) electrons. The quantitative estimate of drug-likeness (QED) is 0.790. The van der Waals surface area contributed by atoms with E-state index in [9.17, 15) is 18.4 Å². The molecule has 0 unspecified atom stereocenters. The molecule has 0 spiro atoms. The number of rotatable bonds is 4. The van der Waals surface area contributed by atoms with Gasteiger partial charge in [-0.25, -0.2) is 13.6 Å². The van der Waals surface area contributed by atoms with Crippen LogP contribution in [0.1, 0.15) is 28.8 Å². The monoisotopic (exact) mass is 443 g/mol. The molecule has 2 aliphatic heterocycles. The largest absolute Gasteiger partial charge is 0.381 e. The van der Waals surface area contributed by atoms with Crippen LogP contribution in [0.4, 0.5) is 13.6 Å². The highest BCUT2D eigenvalue weighted by Crippen LogP contribution is 2.34. The van der Waals surface area contributed by atoms with Gasteiger partial charge in [-0.05, 0) is 42.7 Å². The van der Waals surface area contributed by atoms with Crippen molar-refractivity contribution >= 4 is 11.9 Å². The fourth-order valence-electron chi connectivity index (χ4n) is 4.41. The molecule has 32 heavy (non-hydrogen) atoms. The summed E-state index contributed by atoms with van der Waals surface area (Å²) >= 11 is 0. The summed E-state index contributed by atoms with van der Waals surface area (Å²) in [4.78, 5) is 28.6. The summed E-state index contributed by atoms with van der Waals surface area (Å²) in [5.74, 6) is -1.19. The third kappa shape index (κ3) is 4.75. The van der Waals surface area contributed by atoms with E-state index in [1.54, 1.807) is 34.1 Å². The molecule has 2 aromatic carbocycles. The SMILES string of the molecule is O=C(NCC1(c2ccc(F)cc2)CCOCC1)N1CCN(C(=O)c2ccccc2F)CC1. The zero-order valence-corrected chi connectivity index (χ0v) is 17.9. The van der Waals surface area contributed by atoms with E-state index in [2.05, 4.69) is 5.32 Å². The maximum atomic E-state index is 13.9. The van der Waals surface area contributed by atoms with Gasteiger partial charge in [0.1, 0.15) is 11.6 Å². The zero-order chi connectivity index (χ0) is 22.6. The Morgan fingerprint density at radius 2 is 1.53 bits per heavy atom. The van der Waals surface area contributed by atoms with Crippen LogP contribution in [0, 0.1) is 11.6 Å². The molecule has 2 saturated heterocycles. The van der Waals surface area contributed by atoms with Crippen molar-refractivity contribution in [2.75, 3.05) is 45.9 Å². The second-order valence-electron chi connectivity index (χ2n) is 8.32. The number of amides is 3. The number of nitrogens with one attached hydrogen (secondary N) is 1. The molecule has 4 rings (SSSR count). The van der Waals surface area contributed by atoms with E-state index in [1.165, 1.54) is 24.3 Å². The van der Waals surface area contributed by atoms with Gasteiger partial charge in [-0.3, -0.25) is 4.79 Å². The fraction of sp³-hybridized carbons (Fsp3) is 0.417. The molecule has 8 heteroatoms. The van der Waals surface area contributed by atoms with Crippen molar-refractivity contribution in [3.63, 3.8) is 0 Å². The van der Waals surface area contributed by atoms with Crippen molar-refractivity contribution in [2.24, 2.45) is 0 Å². The predicted octanol–water partition coefficient (Wildman–Crippen LogP) is 3.18. The zero-order valence-electron chi connectivity index (χ0n) is 17.9. The van der Waals surface area contributed by atoms with Gasteiger partial charge in [-0.1, -0.05) is 24.3 Å². The van der Waals surface area contributed by atoms with Crippen LogP contribution in [0.15, 0.2) is 48.5 Å². The van der Waals surface area contributed by atoms with Gasteiger partial charge >= 0.3 is 6.03 Å². The Morgan fingerprint density at radius 1 is 0.906 bits per heavy atom. The molecule has 3 amide bonds. The standard InChI is InChI=1S/C24H27F2N3O3/c25-19-7-5-18(6-8-19)24(9-15-32-16-10-24)17-27-23(31)29-13-11-28(12-14-29)22(30)20-3-1-2-4-21(20)26/h1-8H,9-17H2,(H,27,31). The molecule has 0 aromatic heterocycles. The van der Waals surface area contributed by atoms with E-state index in [1.807, 2.05) is 0 Å². The number of ether oxygens (including phenoxy) is 1. The molecule has 0 aliphatic carbocycles. The number of nitrogens with zero attached hydrogens (tertiary/aromatic N) is 2. The number of hydrogen-bond donors (Lipinski definition) is 1. The first kappa shape index (κ1) is 22.2. The Balaban J connectivity index is 1.34. The van der Waals surface area contributed by atoms with Crippen LogP contribution in [0.3, 0.4) is 0 Å². The highest BCUT2D eigenvalue weighted by atomic mass is 19.1. The highest BCUT2D eigenvalue weighted by molar-refractivity contribution is 5.94. The lowest BCUT2D eigenvalue weighted by Crippen LogP contribution is -2.55. The summed E-state index contributed by atoms with van der Waals surface area (Å²) in [6.07, 6.45) is 1.48. The van der Waals surface area contributed by atoms with Crippen LogP contribution in [-0.2, 0) is 10.2 Å². The number of hydrogen-bond acceptors (Lipinski definition) is 3. The normalized spacial score (nSPS) is 18.3. The van der Waals surface area contributed by atoms with Crippen molar-refractivity contribution in [3.8, 4) is 0 Å². The summed E-state index contributed by atoms with van der Waals surface area (Å²) < 4.78 is 32.8. The molecule has 170 valence electrons. The maximum absolute atomic E-state index is 13.9. The second kappa shape index (κ2) is 9.65. The first-order valence-corrected chi connectivity index (χ1v) is 10.9. The summed E-state index contributed by atoms with van der Waals surface area (Å²) in [7, 11) is 0. The van der Waals surface area contributed by atoms with Gasteiger partial charge in [0.25, 0.3) is 5.91 Å². The molecule has 1 N–H and O–H groups in total. The Kier molecular flexibility index (Phi) is 6.69. The Hall–Kier alpha value is -3.00. The molecule has 2 aliphatic rings. The number of piperazine rings is 1. The molecule has 0 atom stereocenters. The van der Waals surface area contributed by atoms with Crippen LogP contribution in [0.25, 0.3) is 0 Å². The molecule has 6 nitrogen and oxygen atoms in total. The molecule has 0 saturated carbocycles. The lowest BCUT2D eigenvalue weighted by molar-refractivity contribution is 0.0494. The van der Waals surface area contributed by atoms with Gasteiger partial charge in [-0.15, -0.1) is 0 Å². The maximum Gasteiger partial charge on any atom is 0.317 e. The predicted molar refractivity (Wildman–Crippen MR) is 115 cm³/mol. The number of carbonyl (C=O) groups excluding carboxylic acids is 2. The van der Waals surface area contributed by atoms with Crippen LogP contribution >= 0.6 is 0 Å². The van der Waals surface area contributed by atoms with Gasteiger partial charge in [0, 0.05) is 51.4 Å². The topological polar surface area (TPSA) is 61.9 Å². The van der Waals surface area contributed by atoms with Gasteiger partial charge < -0.3 is 19.9 Å². The number of benzene rings is 2. The second-order valence-corrected chi connectivity index (χ2v) is 8.32. The lowest BCUT2D eigenvalue weighted by atomic mass is 9.74. The van der Waals surface area contributed by atoms with Gasteiger partial charge in [0.05, 0.1) is 5.56 Å². The first-order valence-electron chi connectivity index (χ1n) is 10.9. The van der Waals surface area contributed by atoms with E-state index < -0.39 is 5.82 Å². The van der Waals surface area contributed by atoms with Crippen LogP contribution in [0.2, 0.25) is 0 Å². The third-order valence-electron chi connectivity index (χ3n) is 6.44. The highest BCUT2D eigenvalue weighted by Gasteiger charge is 2.35. The smallest absolute Gasteiger partial charge is 0.317 e. The van der Waals surface area contributed by atoms with E-state index in [0.29, 0.717) is 45.9 Å². The molecule has 2 fully saturated rings. The van der Waals surface area contributed by atoms with Gasteiger partial charge in [0.15, 0.2) is 0 Å². The van der Waals surface area contributed by atoms with Crippen LogP contribution in [-0.4, -0.2) is 67.7 Å². The molecule has 0 bridgehead atoms. The lowest BCUT2D eigenvalue weighted by Gasteiger charge is -2.39. The van der Waals surface area contributed by atoms with Crippen molar-refractivity contribution in [2.45, 2.75) is 18.3 Å². The Morgan fingerprint density at radius 3 is 2.19 bits per heavy atom. The van der Waals surface area contributed by atoms with E-state index in [-0.39, 0.29) is 28.7 Å². The minimum atomic E-state index is -0.541. The van der Waals surface area contributed by atoms with E-state index in [0.717, 1.165) is 18.4 Å². The molecular weight excluding hydrogens is 416 g/mol. The Bertz CT molecular complexity index is 953. The summed E-state index contributed by atoms with van der Waals surface area (Å²) in [6, 6.07) is 12.2.